The van der Waals surface area contributed by atoms with Crippen LogP contribution in [0.15, 0.2) is 16.6 Å². The molecule has 2 nitrogen and oxygen atoms in total. The Labute approximate surface area is 92.8 Å². The summed E-state index contributed by atoms with van der Waals surface area (Å²) in [5.41, 5.74) is 6.97. The molecule has 2 N–H and O–H groups in total. The Bertz CT molecular complexity index is 338. The molecule has 1 aromatic rings. The van der Waals surface area contributed by atoms with Gasteiger partial charge in [-0.2, -0.15) is 0 Å². The van der Waals surface area contributed by atoms with Crippen LogP contribution < -0.4 is 5.73 Å². The first-order chi connectivity index (χ1) is 5.52. The maximum atomic E-state index is 11.1. The molecule has 1 rings (SSSR count). The molecule has 0 radical (unpaired) electrons. The first-order valence-corrected chi connectivity index (χ1v) is 5.15. The Balaban J connectivity index is 3.37. The summed E-state index contributed by atoms with van der Waals surface area (Å²) < 4.78 is 1.66. The molecule has 0 aromatic heterocycles. The lowest BCUT2D eigenvalue weighted by Crippen LogP contribution is -2.00. The van der Waals surface area contributed by atoms with Gasteiger partial charge in [-0.15, -0.1) is 0 Å². The van der Waals surface area contributed by atoms with Crippen molar-refractivity contribution in [3.63, 3.8) is 0 Å². The van der Waals surface area contributed by atoms with E-state index in [1.54, 1.807) is 12.1 Å². The molecule has 0 bridgehead atoms. The number of halogens is 2. The maximum absolute atomic E-state index is 11.1. The zero-order valence-electron chi connectivity index (χ0n) is 6.40. The Morgan fingerprint density at radius 1 is 1.58 bits per heavy atom. The van der Waals surface area contributed by atoms with Crippen LogP contribution in [0.4, 0.5) is 5.69 Å². The van der Waals surface area contributed by atoms with E-state index < -0.39 is 0 Å². The number of ketones is 1. The molecule has 1 aromatic carbocycles. The van der Waals surface area contributed by atoms with Crippen molar-refractivity contribution >= 4 is 50.0 Å². The number of nitrogens with two attached hydrogens (primary N) is 1. The van der Waals surface area contributed by atoms with Gasteiger partial charge in [-0.3, -0.25) is 4.79 Å². The summed E-state index contributed by atoms with van der Waals surface area (Å²) in [6.45, 7) is 1.53. The van der Waals surface area contributed by atoms with E-state index >= 15 is 0 Å². The summed E-state index contributed by atoms with van der Waals surface area (Å²) in [4.78, 5) is 11.1. The van der Waals surface area contributed by atoms with E-state index in [2.05, 4.69) is 38.5 Å². The first-order valence-electron chi connectivity index (χ1n) is 3.28. The van der Waals surface area contributed by atoms with Crippen LogP contribution in [0.2, 0.25) is 0 Å². The standard InChI is InChI=1S/C8H7BrINO/c1-4(12)6-2-5(9)3-7(11)8(6)10/h2-3H,11H2,1H3. The van der Waals surface area contributed by atoms with Crippen molar-refractivity contribution in [3.05, 3.63) is 25.7 Å². The number of anilines is 1. The first kappa shape index (κ1) is 9.98. The van der Waals surface area contributed by atoms with E-state index in [9.17, 15) is 4.79 Å². The lowest BCUT2D eigenvalue weighted by molar-refractivity contribution is 0.101. The second-order valence-electron chi connectivity index (χ2n) is 2.41. The molecule has 0 aliphatic carbocycles. The van der Waals surface area contributed by atoms with Gasteiger partial charge in [-0.1, -0.05) is 15.9 Å². The quantitative estimate of drug-likeness (QED) is 0.485. The third-order valence-corrected chi connectivity index (χ3v) is 3.11. The monoisotopic (exact) mass is 339 g/mol. The smallest absolute Gasteiger partial charge is 0.160 e. The van der Waals surface area contributed by atoms with Crippen LogP contribution >= 0.6 is 38.5 Å². The van der Waals surface area contributed by atoms with Crippen LogP contribution in [-0.2, 0) is 0 Å². The fraction of sp³-hybridized carbons (Fsp3) is 0.125. The number of benzene rings is 1. The summed E-state index contributed by atoms with van der Waals surface area (Å²) in [6, 6.07) is 3.56. The summed E-state index contributed by atoms with van der Waals surface area (Å²) >= 11 is 5.35. The topological polar surface area (TPSA) is 43.1 Å². The van der Waals surface area contributed by atoms with Crippen molar-refractivity contribution in [2.45, 2.75) is 6.92 Å². The minimum absolute atomic E-state index is 0.0346. The van der Waals surface area contributed by atoms with E-state index in [0.29, 0.717) is 11.3 Å². The Morgan fingerprint density at radius 2 is 2.17 bits per heavy atom. The summed E-state index contributed by atoms with van der Waals surface area (Å²) in [6.07, 6.45) is 0. The Morgan fingerprint density at radius 3 is 2.67 bits per heavy atom. The highest BCUT2D eigenvalue weighted by Gasteiger charge is 2.08. The van der Waals surface area contributed by atoms with Gasteiger partial charge in [0.25, 0.3) is 0 Å². The molecular formula is C8H7BrINO. The zero-order chi connectivity index (χ0) is 9.30. The second-order valence-corrected chi connectivity index (χ2v) is 4.41. The molecular weight excluding hydrogens is 333 g/mol. The number of carbonyl (C=O) groups is 1. The maximum Gasteiger partial charge on any atom is 0.160 e. The molecule has 0 heterocycles. The molecule has 0 saturated carbocycles. The summed E-state index contributed by atoms with van der Waals surface area (Å²) in [7, 11) is 0. The van der Waals surface area contributed by atoms with Gasteiger partial charge < -0.3 is 5.73 Å². The molecule has 12 heavy (non-hydrogen) atoms. The lowest BCUT2D eigenvalue weighted by Gasteiger charge is -2.04. The predicted octanol–water partition coefficient (Wildman–Crippen LogP) is 2.84. The molecule has 0 amide bonds. The van der Waals surface area contributed by atoms with Crippen molar-refractivity contribution in [1.29, 1.82) is 0 Å². The van der Waals surface area contributed by atoms with Gasteiger partial charge in [0.05, 0.1) is 0 Å². The van der Waals surface area contributed by atoms with Gasteiger partial charge in [-0.25, -0.2) is 0 Å². The minimum Gasteiger partial charge on any atom is -0.398 e. The molecule has 64 valence electrons. The van der Waals surface area contributed by atoms with Crippen LogP contribution in [0, 0.1) is 3.57 Å². The van der Waals surface area contributed by atoms with Crippen LogP contribution in [0.5, 0.6) is 0 Å². The molecule has 0 atom stereocenters. The van der Waals surface area contributed by atoms with Gasteiger partial charge in [0.15, 0.2) is 5.78 Å². The van der Waals surface area contributed by atoms with Crippen LogP contribution in [0.3, 0.4) is 0 Å². The lowest BCUT2D eigenvalue weighted by atomic mass is 10.1. The molecule has 0 aliphatic heterocycles. The van der Waals surface area contributed by atoms with Gasteiger partial charge in [0.2, 0.25) is 0 Å². The number of carbonyl (C=O) groups excluding carboxylic acids is 1. The van der Waals surface area contributed by atoms with E-state index in [0.717, 1.165) is 8.04 Å². The normalized spacial score (nSPS) is 9.92. The number of hydrogen-bond acceptors (Lipinski definition) is 2. The van der Waals surface area contributed by atoms with E-state index in [1.165, 1.54) is 6.92 Å². The van der Waals surface area contributed by atoms with Gasteiger partial charge in [0, 0.05) is 19.3 Å². The van der Waals surface area contributed by atoms with E-state index in [4.69, 9.17) is 5.73 Å². The largest absolute Gasteiger partial charge is 0.398 e. The molecule has 4 heteroatoms. The van der Waals surface area contributed by atoms with Gasteiger partial charge >= 0.3 is 0 Å². The van der Waals surface area contributed by atoms with Crippen LogP contribution in [0.1, 0.15) is 17.3 Å². The Kier molecular flexibility index (Phi) is 3.11. The highest BCUT2D eigenvalue weighted by Crippen LogP contribution is 2.25. The van der Waals surface area contributed by atoms with Crippen molar-refractivity contribution in [2.75, 3.05) is 5.73 Å². The zero-order valence-corrected chi connectivity index (χ0v) is 10.1. The SMILES string of the molecule is CC(=O)c1cc(Br)cc(N)c1I. The number of hydrogen-bond donors (Lipinski definition) is 1. The fourth-order valence-electron chi connectivity index (χ4n) is 0.867. The molecule has 0 fully saturated rings. The van der Waals surface area contributed by atoms with Crippen molar-refractivity contribution in [3.8, 4) is 0 Å². The van der Waals surface area contributed by atoms with Gasteiger partial charge in [0.1, 0.15) is 0 Å². The summed E-state index contributed by atoms with van der Waals surface area (Å²) in [5, 5.41) is 0. The fourth-order valence-corrected chi connectivity index (χ4v) is 2.03. The average Bonchev–Trinajstić information content (AvgIpc) is 1.96. The number of Topliss-reactive ketones (excluding diaryl/α,β-unsaturated/α-hetero) is 1. The van der Waals surface area contributed by atoms with Crippen molar-refractivity contribution in [2.24, 2.45) is 0 Å². The summed E-state index contributed by atoms with van der Waals surface area (Å²) in [5.74, 6) is 0.0346. The third kappa shape index (κ3) is 1.98. The van der Waals surface area contributed by atoms with E-state index in [-0.39, 0.29) is 5.78 Å². The highest BCUT2D eigenvalue weighted by molar-refractivity contribution is 14.1. The second kappa shape index (κ2) is 3.74. The molecule has 0 saturated heterocycles. The van der Waals surface area contributed by atoms with Crippen molar-refractivity contribution < 1.29 is 4.79 Å². The van der Waals surface area contributed by atoms with Crippen LogP contribution in [-0.4, -0.2) is 5.78 Å². The third-order valence-electron chi connectivity index (χ3n) is 1.44. The molecule has 0 unspecified atom stereocenters. The van der Waals surface area contributed by atoms with Crippen molar-refractivity contribution in [1.82, 2.24) is 0 Å². The highest BCUT2D eigenvalue weighted by atomic mass is 127. The van der Waals surface area contributed by atoms with Crippen LogP contribution in [0.25, 0.3) is 0 Å². The molecule has 0 spiro atoms. The number of rotatable bonds is 1. The van der Waals surface area contributed by atoms with E-state index in [1.807, 2.05) is 0 Å². The molecule has 0 aliphatic rings. The number of nitrogen functional groups attached to an aromatic ring is 1. The minimum atomic E-state index is 0.0346. The average molecular weight is 340 g/mol. The predicted molar refractivity (Wildman–Crippen MR) is 61.3 cm³/mol. The Hall–Kier alpha value is -0.100. The van der Waals surface area contributed by atoms with Gasteiger partial charge in [-0.05, 0) is 41.6 Å².